The molecular weight excluding hydrogens is 369 g/mol. The van der Waals surface area contributed by atoms with Crippen molar-refractivity contribution in [3.05, 3.63) is 69.9 Å². The van der Waals surface area contributed by atoms with E-state index in [1.54, 1.807) is 38.2 Å². The third-order valence-electron chi connectivity index (χ3n) is 3.79. The van der Waals surface area contributed by atoms with Gasteiger partial charge in [0.1, 0.15) is 17.3 Å². The quantitative estimate of drug-likeness (QED) is 0.679. The monoisotopic (exact) mass is 387 g/mol. The average Bonchev–Trinajstić information content (AvgIpc) is 3.20. The van der Waals surface area contributed by atoms with Crippen molar-refractivity contribution >= 4 is 28.3 Å². The molecule has 3 aromatic rings. The van der Waals surface area contributed by atoms with Gasteiger partial charge in [-0.1, -0.05) is 12.1 Å². The standard InChI is InChI=1S/C19H18FN3O3S/c1-11-7-16(12(2)26-11)18(25)21-10-17(24)23-19-22-9-15(27-19)8-13-3-5-14(20)6-4-13/h3-7,9H,8,10H2,1-2H3,(H,21,25)(H,22,23,24). The Morgan fingerprint density at radius 2 is 1.96 bits per heavy atom. The number of nitrogens with one attached hydrogen (secondary N) is 2. The van der Waals surface area contributed by atoms with Gasteiger partial charge in [0.05, 0.1) is 12.1 Å². The maximum absolute atomic E-state index is 12.9. The van der Waals surface area contributed by atoms with Crippen LogP contribution in [0, 0.1) is 19.7 Å². The lowest BCUT2D eigenvalue weighted by molar-refractivity contribution is -0.115. The summed E-state index contributed by atoms with van der Waals surface area (Å²) in [4.78, 5) is 29.2. The van der Waals surface area contributed by atoms with Crippen LogP contribution >= 0.6 is 11.3 Å². The topological polar surface area (TPSA) is 84.2 Å². The number of amides is 2. The fraction of sp³-hybridized carbons (Fsp3) is 0.211. The third kappa shape index (κ3) is 5.01. The first-order chi connectivity index (χ1) is 12.9. The fourth-order valence-electron chi connectivity index (χ4n) is 2.53. The minimum absolute atomic E-state index is 0.171. The highest BCUT2D eigenvalue weighted by Gasteiger charge is 2.15. The molecule has 6 nitrogen and oxygen atoms in total. The molecule has 0 aliphatic heterocycles. The highest BCUT2D eigenvalue weighted by Crippen LogP contribution is 2.21. The molecule has 0 aliphatic carbocycles. The summed E-state index contributed by atoms with van der Waals surface area (Å²) < 4.78 is 18.2. The largest absolute Gasteiger partial charge is 0.466 e. The maximum atomic E-state index is 12.9. The van der Waals surface area contributed by atoms with E-state index in [1.165, 1.54) is 23.5 Å². The molecule has 1 aromatic carbocycles. The van der Waals surface area contributed by atoms with Crippen LogP contribution in [-0.4, -0.2) is 23.3 Å². The Balaban J connectivity index is 1.51. The molecule has 140 valence electrons. The number of carbonyl (C=O) groups is 2. The van der Waals surface area contributed by atoms with Crippen molar-refractivity contribution in [3.8, 4) is 0 Å². The summed E-state index contributed by atoms with van der Waals surface area (Å²) in [6, 6.07) is 7.87. The number of benzene rings is 1. The Morgan fingerprint density at radius 3 is 2.63 bits per heavy atom. The van der Waals surface area contributed by atoms with E-state index in [-0.39, 0.29) is 24.2 Å². The van der Waals surface area contributed by atoms with Crippen molar-refractivity contribution in [2.24, 2.45) is 0 Å². The highest BCUT2D eigenvalue weighted by molar-refractivity contribution is 7.15. The lowest BCUT2D eigenvalue weighted by Crippen LogP contribution is -2.32. The SMILES string of the molecule is Cc1cc(C(=O)NCC(=O)Nc2ncc(Cc3ccc(F)cc3)s2)c(C)o1. The van der Waals surface area contributed by atoms with Gasteiger partial charge in [0.25, 0.3) is 5.91 Å². The molecular formula is C19H18FN3O3S. The second kappa shape index (κ2) is 8.13. The van der Waals surface area contributed by atoms with Crippen LogP contribution in [0.2, 0.25) is 0 Å². The summed E-state index contributed by atoms with van der Waals surface area (Å²) in [5.74, 6) is 0.132. The Morgan fingerprint density at radius 1 is 1.22 bits per heavy atom. The fourth-order valence-corrected chi connectivity index (χ4v) is 3.39. The second-order valence-electron chi connectivity index (χ2n) is 5.99. The van der Waals surface area contributed by atoms with Crippen molar-refractivity contribution in [2.45, 2.75) is 20.3 Å². The van der Waals surface area contributed by atoms with E-state index < -0.39 is 0 Å². The molecule has 0 spiro atoms. The van der Waals surface area contributed by atoms with Crippen LogP contribution in [0.5, 0.6) is 0 Å². The number of aryl methyl sites for hydroxylation is 2. The molecule has 0 aliphatic rings. The summed E-state index contributed by atoms with van der Waals surface area (Å²) in [6.07, 6.45) is 2.27. The Labute approximate surface area is 159 Å². The second-order valence-corrected chi connectivity index (χ2v) is 7.11. The Bertz CT molecular complexity index is 963. The molecule has 0 saturated heterocycles. The van der Waals surface area contributed by atoms with Gasteiger partial charge in [0, 0.05) is 17.5 Å². The van der Waals surface area contributed by atoms with Crippen molar-refractivity contribution < 1.29 is 18.4 Å². The number of furan rings is 1. The molecule has 0 radical (unpaired) electrons. The molecule has 2 aromatic heterocycles. The van der Waals surface area contributed by atoms with Crippen LogP contribution in [0.25, 0.3) is 0 Å². The van der Waals surface area contributed by atoms with Crippen LogP contribution in [0.3, 0.4) is 0 Å². The van der Waals surface area contributed by atoms with E-state index >= 15 is 0 Å². The van der Waals surface area contributed by atoms with E-state index in [0.29, 0.717) is 28.6 Å². The molecule has 0 unspecified atom stereocenters. The predicted octanol–water partition coefficient (Wildman–Crippen LogP) is 3.45. The Hall–Kier alpha value is -3.00. The predicted molar refractivity (Wildman–Crippen MR) is 100 cm³/mol. The van der Waals surface area contributed by atoms with E-state index in [0.717, 1.165) is 10.4 Å². The average molecular weight is 387 g/mol. The summed E-state index contributed by atoms with van der Waals surface area (Å²) in [5.41, 5.74) is 1.37. The zero-order chi connectivity index (χ0) is 19.4. The van der Waals surface area contributed by atoms with Crippen molar-refractivity contribution in [1.82, 2.24) is 10.3 Å². The van der Waals surface area contributed by atoms with Gasteiger partial charge in [0.2, 0.25) is 5.91 Å². The first kappa shape index (κ1) is 18.8. The van der Waals surface area contributed by atoms with Crippen LogP contribution in [-0.2, 0) is 11.2 Å². The molecule has 8 heteroatoms. The normalized spacial score (nSPS) is 10.6. The van der Waals surface area contributed by atoms with Gasteiger partial charge in [-0.2, -0.15) is 0 Å². The summed E-state index contributed by atoms with van der Waals surface area (Å²) >= 11 is 1.33. The lowest BCUT2D eigenvalue weighted by Gasteiger charge is -2.04. The number of nitrogens with zero attached hydrogens (tertiary/aromatic N) is 1. The zero-order valence-corrected chi connectivity index (χ0v) is 15.7. The molecule has 0 bridgehead atoms. The van der Waals surface area contributed by atoms with Crippen molar-refractivity contribution in [1.29, 1.82) is 0 Å². The van der Waals surface area contributed by atoms with E-state index in [4.69, 9.17) is 4.42 Å². The van der Waals surface area contributed by atoms with Crippen LogP contribution in [0.15, 0.2) is 40.9 Å². The number of halogens is 1. The van der Waals surface area contributed by atoms with Gasteiger partial charge in [0.15, 0.2) is 5.13 Å². The lowest BCUT2D eigenvalue weighted by atomic mass is 10.1. The number of hydrogen-bond donors (Lipinski definition) is 2. The molecule has 0 atom stereocenters. The van der Waals surface area contributed by atoms with Gasteiger partial charge in [-0.3, -0.25) is 9.59 Å². The number of carbonyl (C=O) groups excluding carboxylic acids is 2. The number of rotatable bonds is 6. The molecule has 0 saturated carbocycles. The van der Waals surface area contributed by atoms with E-state index in [9.17, 15) is 14.0 Å². The molecule has 3 rings (SSSR count). The van der Waals surface area contributed by atoms with Gasteiger partial charge < -0.3 is 15.1 Å². The number of thiazole rings is 1. The molecule has 2 amide bonds. The molecule has 27 heavy (non-hydrogen) atoms. The summed E-state index contributed by atoms with van der Waals surface area (Å²) in [6.45, 7) is 3.28. The van der Waals surface area contributed by atoms with Gasteiger partial charge in [-0.15, -0.1) is 11.3 Å². The summed E-state index contributed by atoms with van der Waals surface area (Å²) in [7, 11) is 0. The first-order valence-electron chi connectivity index (χ1n) is 8.25. The highest BCUT2D eigenvalue weighted by atomic mass is 32.1. The number of anilines is 1. The van der Waals surface area contributed by atoms with Crippen LogP contribution in [0.1, 0.15) is 32.3 Å². The van der Waals surface area contributed by atoms with Gasteiger partial charge in [-0.25, -0.2) is 9.37 Å². The minimum atomic E-state index is -0.371. The first-order valence-corrected chi connectivity index (χ1v) is 9.06. The maximum Gasteiger partial charge on any atom is 0.255 e. The van der Waals surface area contributed by atoms with Crippen molar-refractivity contribution in [3.63, 3.8) is 0 Å². The molecule has 2 heterocycles. The van der Waals surface area contributed by atoms with Gasteiger partial charge in [-0.05, 0) is 37.6 Å². The molecule has 2 N–H and O–H groups in total. The van der Waals surface area contributed by atoms with Crippen LogP contribution < -0.4 is 10.6 Å². The van der Waals surface area contributed by atoms with E-state index in [2.05, 4.69) is 15.6 Å². The third-order valence-corrected chi connectivity index (χ3v) is 4.70. The van der Waals surface area contributed by atoms with E-state index in [1.807, 2.05) is 0 Å². The van der Waals surface area contributed by atoms with Gasteiger partial charge >= 0.3 is 0 Å². The zero-order valence-electron chi connectivity index (χ0n) is 14.8. The Kier molecular flexibility index (Phi) is 5.66. The smallest absolute Gasteiger partial charge is 0.255 e. The number of aromatic nitrogens is 1. The summed E-state index contributed by atoms with van der Waals surface area (Å²) in [5, 5.41) is 5.66. The van der Waals surface area contributed by atoms with Crippen molar-refractivity contribution in [2.75, 3.05) is 11.9 Å². The number of hydrogen-bond acceptors (Lipinski definition) is 5. The minimum Gasteiger partial charge on any atom is -0.466 e. The van der Waals surface area contributed by atoms with Crippen LogP contribution in [0.4, 0.5) is 9.52 Å². The molecule has 0 fully saturated rings.